The summed E-state index contributed by atoms with van der Waals surface area (Å²) in [7, 11) is 1.81. The van der Waals surface area contributed by atoms with Gasteiger partial charge >= 0.3 is 0 Å². The Hall–Kier alpha value is -1.35. The number of aliphatic imine (C=N–C) groups is 1. The molecule has 1 aromatic rings. The van der Waals surface area contributed by atoms with E-state index in [0.29, 0.717) is 25.4 Å². The molecule has 2 aliphatic rings. The van der Waals surface area contributed by atoms with E-state index in [0.717, 1.165) is 38.5 Å². The molecule has 2 saturated heterocycles. The molecule has 0 saturated carbocycles. The zero-order valence-corrected chi connectivity index (χ0v) is 21.8. The SMILES string of the molecule is CN=C(NCc1cccc(CN2CCCC2=O)c1)NCC1CCCOC1C(C)(C)C.I. The molecule has 2 fully saturated rings. The Balaban J connectivity index is 0.00000341. The van der Waals surface area contributed by atoms with Gasteiger partial charge in [0.15, 0.2) is 5.96 Å². The van der Waals surface area contributed by atoms with Gasteiger partial charge in [0.1, 0.15) is 0 Å². The molecule has 2 aliphatic heterocycles. The summed E-state index contributed by atoms with van der Waals surface area (Å²) in [6.07, 6.45) is 4.23. The van der Waals surface area contributed by atoms with Gasteiger partial charge in [-0.3, -0.25) is 9.79 Å². The highest BCUT2D eigenvalue weighted by atomic mass is 127. The second kappa shape index (κ2) is 12.0. The van der Waals surface area contributed by atoms with Gasteiger partial charge in [-0.1, -0.05) is 45.0 Å². The van der Waals surface area contributed by atoms with E-state index >= 15 is 0 Å². The number of carbonyl (C=O) groups is 1. The van der Waals surface area contributed by atoms with Crippen LogP contribution in [0.1, 0.15) is 57.6 Å². The molecule has 31 heavy (non-hydrogen) atoms. The van der Waals surface area contributed by atoms with Gasteiger partial charge in [0.2, 0.25) is 5.91 Å². The zero-order valence-electron chi connectivity index (χ0n) is 19.4. The number of halogens is 1. The molecule has 2 atom stereocenters. The normalized spacial score (nSPS) is 22.3. The molecular formula is C24H39IN4O2. The van der Waals surface area contributed by atoms with Gasteiger partial charge in [-0.15, -0.1) is 24.0 Å². The average Bonchev–Trinajstić information content (AvgIpc) is 3.12. The third kappa shape index (κ3) is 7.63. The molecule has 0 aliphatic carbocycles. The molecule has 0 aromatic heterocycles. The summed E-state index contributed by atoms with van der Waals surface area (Å²) in [5, 5.41) is 6.92. The Bertz CT molecular complexity index is 747. The lowest BCUT2D eigenvalue weighted by molar-refractivity contribution is -0.128. The molecule has 174 valence electrons. The molecule has 7 heteroatoms. The van der Waals surface area contributed by atoms with Crippen molar-refractivity contribution in [1.29, 1.82) is 0 Å². The minimum absolute atomic E-state index is 0. The van der Waals surface area contributed by atoms with Gasteiger partial charge in [-0.2, -0.15) is 0 Å². The Morgan fingerprint density at radius 1 is 1.23 bits per heavy atom. The maximum absolute atomic E-state index is 11.9. The topological polar surface area (TPSA) is 66.0 Å². The van der Waals surface area contributed by atoms with Gasteiger partial charge in [0.25, 0.3) is 0 Å². The van der Waals surface area contributed by atoms with E-state index in [2.05, 4.69) is 60.7 Å². The van der Waals surface area contributed by atoms with Crippen molar-refractivity contribution >= 4 is 35.8 Å². The molecule has 2 heterocycles. The van der Waals surface area contributed by atoms with Crippen LogP contribution in [0.25, 0.3) is 0 Å². The summed E-state index contributed by atoms with van der Waals surface area (Å²) in [5.41, 5.74) is 2.51. The fourth-order valence-corrected chi connectivity index (χ4v) is 4.57. The smallest absolute Gasteiger partial charge is 0.222 e. The first-order valence-electron chi connectivity index (χ1n) is 11.3. The van der Waals surface area contributed by atoms with Crippen LogP contribution < -0.4 is 10.6 Å². The van der Waals surface area contributed by atoms with Crippen LogP contribution in [0.2, 0.25) is 0 Å². The summed E-state index contributed by atoms with van der Waals surface area (Å²) < 4.78 is 6.10. The lowest BCUT2D eigenvalue weighted by Gasteiger charge is -2.40. The maximum atomic E-state index is 11.9. The van der Waals surface area contributed by atoms with Crippen molar-refractivity contribution in [2.24, 2.45) is 16.3 Å². The van der Waals surface area contributed by atoms with Crippen LogP contribution in [0.3, 0.4) is 0 Å². The number of hydrogen-bond donors (Lipinski definition) is 2. The van der Waals surface area contributed by atoms with Crippen LogP contribution in [0.5, 0.6) is 0 Å². The minimum Gasteiger partial charge on any atom is -0.377 e. The van der Waals surface area contributed by atoms with E-state index in [9.17, 15) is 4.79 Å². The highest BCUT2D eigenvalue weighted by Gasteiger charge is 2.35. The Morgan fingerprint density at radius 2 is 2.00 bits per heavy atom. The fraction of sp³-hybridized carbons (Fsp3) is 0.667. The molecule has 2 unspecified atom stereocenters. The van der Waals surface area contributed by atoms with E-state index in [4.69, 9.17) is 4.74 Å². The highest BCUT2D eigenvalue weighted by Crippen LogP contribution is 2.33. The summed E-state index contributed by atoms with van der Waals surface area (Å²) in [5.74, 6) is 1.57. The van der Waals surface area contributed by atoms with Gasteiger partial charge in [0, 0.05) is 52.2 Å². The average molecular weight is 543 g/mol. The molecule has 1 amide bonds. The van der Waals surface area contributed by atoms with Crippen molar-refractivity contribution in [2.75, 3.05) is 26.7 Å². The molecule has 1 aromatic carbocycles. The quantitative estimate of drug-likeness (QED) is 0.325. The number of guanidine groups is 1. The predicted molar refractivity (Wildman–Crippen MR) is 137 cm³/mol. The van der Waals surface area contributed by atoms with Crippen LogP contribution in [-0.4, -0.2) is 49.6 Å². The summed E-state index contributed by atoms with van der Waals surface area (Å²) >= 11 is 0. The van der Waals surface area contributed by atoms with Crippen LogP contribution >= 0.6 is 24.0 Å². The maximum Gasteiger partial charge on any atom is 0.222 e. The Kier molecular flexibility index (Phi) is 10.1. The van der Waals surface area contributed by atoms with E-state index < -0.39 is 0 Å². The molecule has 0 radical (unpaired) electrons. The lowest BCUT2D eigenvalue weighted by Crippen LogP contribution is -2.47. The molecule has 3 rings (SSSR count). The van der Waals surface area contributed by atoms with Crippen molar-refractivity contribution in [3.05, 3.63) is 35.4 Å². The molecular weight excluding hydrogens is 503 g/mol. The number of hydrogen-bond acceptors (Lipinski definition) is 3. The fourth-order valence-electron chi connectivity index (χ4n) is 4.57. The third-order valence-electron chi connectivity index (χ3n) is 6.05. The Labute approximate surface area is 204 Å². The largest absolute Gasteiger partial charge is 0.377 e. The van der Waals surface area contributed by atoms with E-state index in [-0.39, 0.29) is 41.4 Å². The van der Waals surface area contributed by atoms with Crippen LogP contribution in [-0.2, 0) is 22.6 Å². The van der Waals surface area contributed by atoms with Crippen molar-refractivity contribution in [1.82, 2.24) is 15.5 Å². The monoisotopic (exact) mass is 542 g/mol. The van der Waals surface area contributed by atoms with Crippen molar-refractivity contribution in [3.63, 3.8) is 0 Å². The minimum atomic E-state index is 0. The molecule has 2 N–H and O–H groups in total. The molecule has 6 nitrogen and oxygen atoms in total. The van der Waals surface area contributed by atoms with Crippen molar-refractivity contribution < 1.29 is 9.53 Å². The van der Waals surface area contributed by atoms with Crippen LogP contribution in [0.4, 0.5) is 0 Å². The standard InChI is InChI=1S/C24H38N4O2.HI/c1-24(2,3)22-20(10-7-13-30-22)16-27-23(25-4)26-15-18-8-5-9-19(14-18)17-28-12-6-11-21(28)29;/h5,8-9,14,20,22H,6-7,10-13,15-17H2,1-4H3,(H2,25,26,27);1H. The van der Waals surface area contributed by atoms with Crippen molar-refractivity contribution in [3.8, 4) is 0 Å². The first-order chi connectivity index (χ1) is 14.4. The first kappa shape index (κ1) is 25.9. The first-order valence-corrected chi connectivity index (χ1v) is 11.3. The molecule has 0 spiro atoms. The third-order valence-corrected chi connectivity index (χ3v) is 6.05. The molecule has 0 bridgehead atoms. The number of carbonyl (C=O) groups excluding carboxylic acids is 1. The number of likely N-dealkylation sites (tertiary alicyclic amines) is 1. The number of nitrogens with zero attached hydrogens (tertiary/aromatic N) is 2. The summed E-state index contributed by atoms with van der Waals surface area (Å²) in [4.78, 5) is 18.2. The number of nitrogens with one attached hydrogen (secondary N) is 2. The van der Waals surface area contributed by atoms with E-state index in [1.807, 2.05) is 11.9 Å². The van der Waals surface area contributed by atoms with Gasteiger partial charge < -0.3 is 20.3 Å². The van der Waals surface area contributed by atoms with Gasteiger partial charge in [-0.05, 0) is 35.8 Å². The zero-order chi connectivity index (χ0) is 21.6. The number of ether oxygens (including phenoxy) is 1. The van der Waals surface area contributed by atoms with Crippen molar-refractivity contribution in [2.45, 2.75) is 65.6 Å². The van der Waals surface area contributed by atoms with E-state index in [1.165, 1.54) is 17.5 Å². The van der Waals surface area contributed by atoms with Gasteiger partial charge in [-0.25, -0.2) is 0 Å². The summed E-state index contributed by atoms with van der Waals surface area (Å²) in [6, 6.07) is 8.45. The second-order valence-electron chi connectivity index (χ2n) is 9.61. The predicted octanol–water partition coefficient (Wildman–Crippen LogP) is 3.93. The highest BCUT2D eigenvalue weighted by molar-refractivity contribution is 14.0. The number of amides is 1. The Morgan fingerprint density at radius 3 is 2.68 bits per heavy atom. The summed E-state index contributed by atoms with van der Waals surface area (Å²) in [6.45, 7) is 10.8. The van der Waals surface area contributed by atoms with E-state index in [1.54, 1.807) is 0 Å². The number of rotatable bonds is 6. The van der Waals surface area contributed by atoms with Gasteiger partial charge in [0.05, 0.1) is 6.10 Å². The lowest BCUT2D eigenvalue weighted by atomic mass is 9.78. The van der Waals surface area contributed by atoms with Crippen LogP contribution in [0, 0.1) is 11.3 Å². The number of benzene rings is 1. The second-order valence-corrected chi connectivity index (χ2v) is 9.61. The van der Waals surface area contributed by atoms with Crippen LogP contribution in [0.15, 0.2) is 29.3 Å².